The number of non-ortho nitro benzene ring substituents is 1. The van der Waals surface area contributed by atoms with Gasteiger partial charge in [-0.1, -0.05) is 12.1 Å². The summed E-state index contributed by atoms with van der Waals surface area (Å²) in [5, 5.41) is 22.1. The summed E-state index contributed by atoms with van der Waals surface area (Å²) in [5.41, 5.74) is 0.727. The second kappa shape index (κ2) is 8.50. The van der Waals surface area contributed by atoms with Crippen LogP contribution in [0.3, 0.4) is 0 Å². The molecule has 0 spiro atoms. The van der Waals surface area contributed by atoms with Gasteiger partial charge in [0.15, 0.2) is 5.65 Å². The molecule has 1 fully saturated rings. The highest BCUT2D eigenvalue weighted by molar-refractivity contribution is 5.97. The molecule has 10 heteroatoms. The smallest absolute Gasteiger partial charge is 0.270 e. The summed E-state index contributed by atoms with van der Waals surface area (Å²) in [6.45, 7) is 2.71. The maximum atomic E-state index is 13.0. The van der Waals surface area contributed by atoms with Crippen molar-refractivity contribution in [3.05, 3.63) is 70.2 Å². The molecule has 2 aromatic heterocycles. The van der Waals surface area contributed by atoms with Crippen molar-refractivity contribution in [2.24, 2.45) is 0 Å². The van der Waals surface area contributed by atoms with Crippen LogP contribution in [0.15, 0.2) is 48.7 Å². The lowest BCUT2D eigenvalue weighted by molar-refractivity contribution is -0.384. The molecule has 0 aliphatic carbocycles. The molecule has 3 aromatic rings. The monoisotopic (exact) mass is 422 g/mol. The summed E-state index contributed by atoms with van der Waals surface area (Å²) in [6.07, 6.45) is 3.63. The van der Waals surface area contributed by atoms with E-state index in [9.17, 15) is 19.7 Å². The number of benzene rings is 1. The van der Waals surface area contributed by atoms with E-state index in [1.807, 2.05) is 28.8 Å². The Morgan fingerprint density at radius 1 is 1.23 bits per heavy atom. The standard InChI is InChI=1S/C21H22N6O4/c1-14(22-20(28)15-6-4-8-17(12-15)27(30)31)21(29)25-10-5-7-16(13-25)19-24-23-18-9-2-3-11-26(18)19/h2-4,6,8-9,11-12,14,16H,5,7,10,13H2,1H3,(H,22,28). The van der Waals surface area contributed by atoms with Crippen LogP contribution in [0.5, 0.6) is 0 Å². The number of nitrogens with one attached hydrogen (secondary N) is 1. The van der Waals surface area contributed by atoms with Crippen LogP contribution in [-0.2, 0) is 4.79 Å². The van der Waals surface area contributed by atoms with Gasteiger partial charge in [-0.25, -0.2) is 0 Å². The van der Waals surface area contributed by atoms with E-state index < -0.39 is 16.9 Å². The van der Waals surface area contributed by atoms with Crippen molar-refractivity contribution in [1.29, 1.82) is 0 Å². The Bertz CT molecular complexity index is 1140. The van der Waals surface area contributed by atoms with E-state index in [0.29, 0.717) is 13.1 Å². The molecule has 160 valence electrons. The number of nitro benzene ring substituents is 1. The Morgan fingerprint density at radius 2 is 2.06 bits per heavy atom. The van der Waals surface area contributed by atoms with Crippen LogP contribution in [0.4, 0.5) is 5.69 Å². The van der Waals surface area contributed by atoms with Crippen molar-refractivity contribution in [3.63, 3.8) is 0 Å². The molecule has 0 saturated carbocycles. The predicted molar refractivity (Wildman–Crippen MR) is 112 cm³/mol. The van der Waals surface area contributed by atoms with Crippen molar-refractivity contribution in [3.8, 4) is 0 Å². The van der Waals surface area contributed by atoms with Crippen LogP contribution in [0.25, 0.3) is 5.65 Å². The third-order valence-electron chi connectivity index (χ3n) is 5.48. The van der Waals surface area contributed by atoms with Gasteiger partial charge in [0.2, 0.25) is 5.91 Å². The molecule has 0 radical (unpaired) electrons. The van der Waals surface area contributed by atoms with Gasteiger partial charge in [0.1, 0.15) is 11.9 Å². The maximum Gasteiger partial charge on any atom is 0.270 e. The SMILES string of the molecule is CC(NC(=O)c1cccc([N+](=O)[O-])c1)C(=O)N1CCCC(c2nnc3ccccn23)C1. The number of aromatic nitrogens is 3. The molecule has 2 amide bonds. The highest BCUT2D eigenvalue weighted by atomic mass is 16.6. The summed E-state index contributed by atoms with van der Waals surface area (Å²) in [4.78, 5) is 37.6. The molecule has 2 unspecified atom stereocenters. The number of likely N-dealkylation sites (tertiary alicyclic amines) is 1. The summed E-state index contributed by atoms with van der Waals surface area (Å²) in [7, 11) is 0. The predicted octanol–water partition coefficient (Wildman–Crippen LogP) is 2.16. The second-order valence-corrected chi connectivity index (χ2v) is 7.61. The second-order valence-electron chi connectivity index (χ2n) is 7.61. The van der Waals surface area contributed by atoms with Crippen molar-refractivity contribution in [2.75, 3.05) is 13.1 Å². The van der Waals surface area contributed by atoms with E-state index in [1.165, 1.54) is 24.3 Å². The molecule has 1 N–H and O–H groups in total. The zero-order valence-electron chi connectivity index (χ0n) is 17.0. The number of nitro groups is 1. The number of carbonyl (C=O) groups is 2. The molecule has 0 bridgehead atoms. The summed E-state index contributed by atoms with van der Waals surface area (Å²) >= 11 is 0. The molecular formula is C21H22N6O4. The van der Waals surface area contributed by atoms with Gasteiger partial charge >= 0.3 is 0 Å². The molecular weight excluding hydrogens is 400 g/mol. The van der Waals surface area contributed by atoms with E-state index in [1.54, 1.807) is 11.8 Å². The number of hydrogen-bond donors (Lipinski definition) is 1. The van der Waals surface area contributed by atoms with Crippen molar-refractivity contribution in [1.82, 2.24) is 24.8 Å². The van der Waals surface area contributed by atoms with E-state index in [2.05, 4.69) is 15.5 Å². The average molecular weight is 422 g/mol. The van der Waals surface area contributed by atoms with Crippen molar-refractivity contribution in [2.45, 2.75) is 31.7 Å². The van der Waals surface area contributed by atoms with Gasteiger partial charge in [0.25, 0.3) is 11.6 Å². The topological polar surface area (TPSA) is 123 Å². The molecule has 4 rings (SSSR count). The summed E-state index contributed by atoms with van der Waals surface area (Å²) in [6, 6.07) is 10.4. The van der Waals surface area contributed by atoms with Gasteiger partial charge in [0, 0.05) is 42.9 Å². The zero-order valence-corrected chi connectivity index (χ0v) is 17.0. The van der Waals surface area contributed by atoms with E-state index >= 15 is 0 Å². The number of hydrogen-bond acceptors (Lipinski definition) is 6. The van der Waals surface area contributed by atoms with E-state index in [-0.39, 0.29) is 23.1 Å². The largest absolute Gasteiger partial charge is 0.341 e. The highest BCUT2D eigenvalue weighted by Crippen LogP contribution is 2.26. The van der Waals surface area contributed by atoms with Gasteiger partial charge in [-0.2, -0.15) is 0 Å². The first-order chi connectivity index (χ1) is 14.9. The van der Waals surface area contributed by atoms with Crippen LogP contribution in [0.1, 0.15) is 41.9 Å². The minimum atomic E-state index is -0.763. The van der Waals surface area contributed by atoms with Gasteiger partial charge in [-0.3, -0.25) is 24.1 Å². The number of pyridine rings is 1. The van der Waals surface area contributed by atoms with Crippen LogP contribution in [0, 0.1) is 10.1 Å². The Labute approximate surface area is 178 Å². The number of piperidine rings is 1. The van der Waals surface area contributed by atoms with Crippen LogP contribution in [0.2, 0.25) is 0 Å². The first-order valence-electron chi connectivity index (χ1n) is 10.1. The third-order valence-corrected chi connectivity index (χ3v) is 5.48. The number of carbonyl (C=O) groups excluding carboxylic acids is 2. The third kappa shape index (κ3) is 4.23. The molecule has 1 aromatic carbocycles. The maximum absolute atomic E-state index is 13.0. The minimum absolute atomic E-state index is 0.0507. The zero-order chi connectivity index (χ0) is 22.0. The fourth-order valence-corrected chi connectivity index (χ4v) is 3.90. The first-order valence-corrected chi connectivity index (χ1v) is 10.1. The van der Waals surface area contributed by atoms with Gasteiger partial charge in [-0.05, 0) is 38.0 Å². The quantitative estimate of drug-likeness (QED) is 0.497. The molecule has 10 nitrogen and oxygen atoms in total. The minimum Gasteiger partial charge on any atom is -0.341 e. The van der Waals surface area contributed by atoms with E-state index in [4.69, 9.17) is 0 Å². The van der Waals surface area contributed by atoms with Gasteiger partial charge < -0.3 is 10.2 Å². The first kappa shape index (κ1) is 20.5. The van der Waals surface area contributed by atoms with Crippen molar-refractivity contribution >= 4 is 23.1 Å². The van der Waals surface area contributed by atoms with Gasteiger partial charge in [0.05, 0.1) is 4.92 Å². The highest BCUT2D eigenvalue weighted by Gasteiger charge is 2.30. The number of fused-ring (bicyclic) bond motifs is 1. The Balaban J connectivity index is 1.43. The lowest BCUT2D eigenvalue weighted by Gasteiger charge is -2.33. The Hall–Kier alpha value is -3.82. The number of nitrogens with zero attached hydrogens (tertiary/aromatic N) is 5. The van der Waals surface area contributed by atoms with Gasteiger partial charge in [-0.15, -0.1) is 10.2 Å². The lowest BCUT2D eigenvalue weighted by Crippen LogP contribution is -2.49. The molecule has 3 heterocycles. The fourth-order valence-electron chi connectivity index (χ4n) is 3.90. The van der Waals surface area contributed by atoms with Crippen molar-refractivity contribution < 1.29 is 14.5 Å². The summed E-state index contributed by atoms with van der Waals surface area (Å²) in [5.74, 6) is 0.148. The molecule has 2 atom stereocenters. The normalized spacial score (nSPS) is 17.3. The Morgan fingerprint density at radius 3 is 2.87 bits per heavy atom. The van der Waals surface area contributed by atoms with E-state index in [0.717, 1.165) is 24.3 Å². The Kier molecular flexibility index (Phi) is 5.61. The molecule has 1 aliphatic rings. The summed E-state index contributed by atoms with van der Waals surface area (Å²) < 4.78 is 1.94. The molecule has 1 aliphatic heterocycles. The van der Waals surface area contributed by atoms with Crippen LogP contribution >= 0.6 is 0 Å². The van der Waals surface area contributed by atoms with Crippen LogP contribution in [-0.4, -0.2) is 55.4 Å². The fraction of sp³-hybridized carbons (Fsp3) is 0.333. The number of rotatable bonds is 5. The molecule has 1 saturated heterocycles. The van der Waals surface area contributed by atoms with Crippen LogP contribution < -0.4 is 5.32 Å². The average Bonchev–Trinajstić information content (AvgIpc) is 3.23. The molecule has 31 heavy (non-hydrogen) atoms. The lowest BCUT2D eigenvalue weighted by atomic mass is 9.96. The number of amides is 2.